The van der Waals surface area contributed by atoms with Crippen molar-refractivity contribution in [3.8, 4) is 0 Å². The predicted molar refractivity (Wildman–Crippen MR) is 78.2 cm³/mol. The highest BCUT2D eigenvalue weighted by Crippen LogP contribution is 2.33. The number of piperidine rings is 3. The summed E-state index contributed by atoms with van der Waals surface area (Å²) in [5.74, 6) is 0.930. The van der Waals surface area contributed by atoms with Crippen LogP contribution in [0.25, 0.3) is 0 Å². The fourth-order valence-electron chi connectivity index (χ4n) is 4.34. The van der Waals surface area contributed by atoms with Gasteiger partial charge in [0.1, 0.15) is 0 Å². The zero-order chi connectivity index (χ0) is 12.7. The first-order chi connectivity index (χ1) is 9.40. The van der Waals surface area contributed by atoms with Gasteiger partial charge in [-0.05, 0) is 62.2 Å². The minimum absolute atomic E-state index is 0.607. The number of benzene rings is 1. The third-order valence-corrected chi connectivity index (χ3v) is 5.44. The van der Waals surface area contributed by atoms with Gasteiger partial charge in [0.05, 0.1) is 0 Å². The lowest BCUT2D eigenvalue weighted by Gasteiger charge is -2.46. The van der Waals surface area contributed by atoms with Gasteiger partial charge in [-0.2, -0.15) is 0 Å². The second kappa shape index (κ2) is 4.92. The van der Waals surface area contributed by atoms with Crippen LogP contribution in [0.2, 0.25) is 0 Å². The maximum Gasteiger partial charge on any atom is 0.0326 e. The molecule has 1 aromatic carbocycles. The summed E-state index contributed by atoms with van der Waals surface area (Å²) in [6.45, 7) is 3.96. The Labute approximate surface area is 116 Å². The lowest BCUT2D eigenvalue weighted by Crippen LogP contribution is -2.56. The summed E-state index contributed by atoms with van der Waals surface area (Å²) in [5, 5.41) is 4.00. The molecule has 2 bridgehead atoms. The largest absolute Gasteiger partial charge is 0.306 e. The van der Waals surface area contributed by atoms with Crippen molar-refractivity contribution in [3.05, 3.63) is 35.4 Å². The van der Waals surface area contributed by atoms with Gasteiger partial charge >= 0.3 is 0 Å². The number of rotatable bonds is 2. The molecule has 3 saturated heterocycles. The average molecular weight is 256 g/mol. The summed E-state index contributed by atoms with van der Waals surface area (Å²) < 4.78 is 0. The van der Waals surface area contributed by atoms with Crippen molar-refractivity contribution in [3.63, 3.8) is 0 Å². The van der Waals surface area contributed by atoms with Gasteiger partial charge in [-0.1, -0.05) is 24.3 Å². The highest BCUT2D eigenvalue weighted by atomic mass is 15.2. The molecule has 19 heavy (non-hydrogen) atoms. The summed E-state index contributed by atoms with van der Waals surface area (Å²) in [6, 6.07) is 10.4. The monoisotopic (exact) mass is 256 g/mol. The number of hydrogen-bond donors (Lipinski definition) is 1. The molecule has 0 saturated carbocycles. The van der Waals surface area contributed by atoms with E-state index >= 15 is 0 Å². The SMILES string of the molecule is c1ccc2c(c1)CCCC2NC1CN2CCC1CC2. The highest BCUT2D eigenvalue weighted by molar-refractivity contribution is 5.32. The maximum absolute atomic E-state index is 4.00. The van der Waals surface area contributed by atoms with Crippen molar-refractivity contribution in [1.82, 2.24) is 10.2 Å². The Bertz CT molecular complexity index is 448. The first-order valence-electron chi connectivity index (χ1n) is 7.96. The molecule has 1 aliphatic carbocycles. The Morgan fingerprint density at radius 2 is 1.89 bits per heavy atom. The van der Waals surface area contributed by atoms with Crippen molar-refractivity contribution in [2.24, 2.45) is 5.92 Å². The minimum Gasteiger partial charge on any atom is -0.306 e. The molecule has 2 heteroatoms. The van der Waals surface area contributed by atoms with Crippen LogP contribution in [0.5, 0.6) is 0 Å². The van der Waals surface area contributed by atoms with E-state index in [2.05, 4.69) is 34.5 Å². The first-order valence-corrected chi connectivity index (χ1v) is 7.96. The highest BCUT2D eigenvalue weighted by Gasteiger charge is 2.35. The van der Waals surface area contributed by atoms with E-state index in [-0.39, 0.29) is 0 Å². The van der Waals surface area contributed by atoms with E-state index in [1.807, 2.05) is 0 Å². The normalized spacial score (nSPS) is 37.1. The standard InChI is InChI=1S/C17H24N2/c1-2-6-15-13(4-1)5-3-7-16(15)18-17-12-19-10-8-14(17)9-11-19/h1-2,4,6,14,16-18H,3,5,7-12H2. The molecule has 2 nitrogen and oxygen atoms in total. The summed E-state index contributed by atoms with van der Waals surface area (Å²) in [4.78, 5) is 2.65. The topological polar surface area (TPSA) is 15.3 Å². The van der Waals surface area contributed by atoms with Crippen molar-refractivity contribution in [1.29, 1.82) is 0 Å². The van der Waals surface area contributed by atoms with E-state index in [0.29, 0.717) is 6.04 Å². The van der Waals surface area contributed by atoms with Crippen LogP contribution >= 0.6 is 0 Å². The number of nitrogens with zero attached hydrogens (tertiary/aromatic N) is 1. The van der Waals surface area contributed by atoms with Gasteiger partial charge in [-0.15, -0.1) is 0 Å². The molecular formula is C17H24N2. The lowest BCUT2D eigenvalue weighted by atomic mass is 9.81. The van der Waals surface area contributed by atoms with E-state index in [4.69, 9.17) is 0 Å². The Balaban J connectivity index is 1.52. The molecule has 0 spiro atoms. The second-order valence-electron chi connectivity index (χ2n) is 6.55. The van der Waals surface area contributed by atoms with Crippen molar-refractivity contribution in [2.45, 2.75) is 44.2 Å². The number of fused-ring (bicyclic) bond motifs is 4. The van der Waals surface area contributed by atoms with Crippen LogP contribution in [0.1, 0.15) is 42.9 Å². The molecular weight excluding hydrogens is 232 g/mol. The minimum atomic E-state index is 0.607. The van der Waals surface area contributed by atoms with Crippen molar-refractivity contribution in [2.75, 3.05) is 19.6 Å². The van der Waals surface area contributed by atoms with Crippen molar-refractivity contribution < 1.29 is 0 Å². The second-order valence-corrected chi connectivity index (χ2v) is 6.55. The quantitative estimate of drug-likeness (QED) is 0.875. The van der Waals surface area contributed by atoms with E-state index in [1.54, 1.807) is 11.1 Å². The summed E-state index contributed by atoms with van der Waals surface area (Å²) in [5.41, 5.74) is 3.15. The number of aryl methyl sites for hydroxylation is 1. The van der Waals surface area contributed by atoms with Crippen LogP contribution < -0.4 is 5.32 Å². The van der Waals surface area contributed by atoms with Gasteiger partial charge in [0, 0.05) is 18.6 Å². The molecule has 0 aromatic heterocycles. The molecule has 1 N–H and O–H groups in total. The van der Waals surface area contributed by atoms with Gasteiger partial charge in [-0.3, -0.25) is 0 Å². The smallest absolute Gasteiger partial charge is 0.0326 e. The number of nitrogens with one attached hydrogen (secondary N) is 1. The number of hydrogen-bond acceptors (Lipinski definition) is 2. The van der Waals surface area contributed by atoms with Crippen LogP contribution in [0.3, 0.4) is 0 Å². The van der Waals surface area contributed by atoms with E-state index < -0.39 is 0 Å². The average Bonchev–Trinajstić information content (AvgIpc) is 2.49. The summed E-state index contributed by atoms with van der Waals surface area (Å²) >= 11 is 0. The van der Waals surface area contributed by atoms with Gasteiger partial charge in [0.15, 0.2) is 0 Å². The maximum atomic E-state index is 4.00. The molecule has 0 amide bonds. The van der Waals surface area contributed by atoms with E-state index in [0.717, 1.165) is 12.0 Å². The van der Waals surface area contributed by atoms with Crippen molar-refractivity contribution >= 4 is 0 Å². The van der Waals surface area contributed by atoms with Crippen LogP contribution in [-0.2, 0) is 6.42 Å². The van der Waals surface area contributed by atoms with E-state index in [9.17, 15) is 0 Å². The Morgan fingerprint density at radius 1 is 1.05 bits per heavy atom. The molecule has 1 aromatic rings. The fourth-order valence-corrected chi connectivity index (χ4v) is 4.34. The summed E-state index contributed by atoms with van der Waals surface area (Å²) in [7, 11) is 0. The molecule has 2 atom stereocenters. The molecule has 5 rings (SSSR count). The van der Waals surface area contributed by atoms with Gasteiger partial charge < -0.3 is 10.2 Å². The zero-order valence-electron chi connectivity index (χ0n) is 11.6. The van der Waals surface area contributed by atoms with Crippen LogP contribution in [0, 0.1) is 5.92 Å². The van der Waals surface area contributed by atoms with E-state index in [1.165, 1.54) is 51.7 Å². The Morgan fingerprint density at radius 3 is 2.68 bits per heavy atom. The zero-order valence-corrected chi connectivity index (χ0v) is 11.6. The molecule has 102 valence electrons. The molecule has 3 fully saturated rings. The molecule has 0 radical (unpaired) electrons. The molecule has 3 aliphatic heterocycles. The predicted octanol–water partition coefficient (Wildman–Crippen LogP) is 2.75. The Kier molecular flexibility index (Phi) is 3.08. The van der Waals surface area contributed by atoms with Gasteiger partial charge in [0.25, 0.3) is 0 Å². The molecule has 4 aliphatic rings. The fraction of sp³-hybridized carbons (Fsp3) is 0.647. The third-order valence-electron chi connectivity index (χ3n) is 5.44. The van der Waals surface area contributed by atoms with Crippen LogP contribution in [-0.4, -0.2) is 30.6 Å². The summed E-state index contributed by atoms with van der Waals surface area (Å²) in [6.07, 6.45) is 6.75. The van der Waals surface area contributed by atoms with Gasteiger partial charge in [0.2, 0.25) is 0 Å². The van der Waals surface area contributed by atoms with Gasteiger partial charge in [-0.25, -0.2) is 0 Å². The first kappa shape index (κ1) is 11.9. The third kappa shape index (κ3) is 2.21. The molecule has 2 unspecified atom stereocenters. The van der Waals surface area contributed by atoms with Crippen LogP contribution in [0.15, 0.2) is 24.3 Å². The Hall–Kier alpha value is -0.860. The lowest BCUT2D eigenvalue weighted by molar-refractivity contribution is 0.0657. The van der Waals surface area contributed by atoms with Crippen LogP contribution in [0.4, 0.5) is 0 Å². The molecule has 3 heterocycles.